The van der Waals surface area contributed by atoms with Crippen LogP contribution in [0.2, 0.25) is 0 Å². The Kier molecular flexibility index (Phi) is 1.70. The first kappa shape index (κ1) is 7.83. The molecule has 0 atom stereocenters. The second kappa shape index (κ2) is 2.61. The van der Waals surface area contributed by atoms with Gasteiger partial charge in [0.2, 0.25) is 0 Å². The number of benzene rings is 1. The molecule has 1 aromatic rings. The zero-order chi connectivity index (χ0) is 8.72. The summed E-state index contributed by atoms with van der Waals surface area (Å²) in [7, 11) is 0. The highest BCUT2D eigenvalue weighted by molar-refractivity contribution is 7.82. The summed E-state index contributed by atoms with van der Waals surface area (Å²) < 4.78 is 0. The van der Waals surface area contributed by atoms with Gasteiger partial charge in [-0.15, -0.1) is 0 Å². The highest BCUT2D eigenvalue weighted by Crippen LogP contribution is 2.20. The number of hydrogen-bond acceptors (Lipinski definition) is 2. The summed E-state index contributed by atoms with van der Waals surface area (Å²) in [6.07, 6.45) is 0. The Labute approximate surface area is 81.8 Å². The first-order chi connectivity index (χ1) is 5.70. The first-order valence-electron chi connectivity index (χ1n) is 3.65. The molecule has 1 aromatic carbocycles. The molecule has 0 amide bonds. The third-order valence-corrected chi connectivity index (χ3v) is 2.60. The average molecular weight is 193 g/mol. The van der Waals surface area contributed by atoms with Crippen molar-refractivity contribution in [3.8, 4) is 0 Å². The Morgan fingerprint density at radius 1 is 1.17 bits per heavy atom. The van der Waals surface area contributed by atoms with Gasteiger partial charge in [-0.1, -0.05) is 42.6 Å². The smallest absolute Gasteiger partial charge is 0.112 e. The SMILES string of the molecule is Cc1cccc2c1C(=S)NC2=S. The van der Waals surface area contributed by atoms with Crippen LogP contribution in [0.5, 0.6) is 0 Å². The fourth-order valence-electron chi connectivity index (χ4n) is 1.39. The number of fused-ring (bicyclic) bond motifs is 1. The van der Waals surface area contributed by atoms with Gasteiger partial charge in [0.15, 0.2) is 0 Å². The van der Waals surface area contributed by atoms with Crippen LogP contribution in [-0.2, 0) is 0 Å². The van der Waals surface area contributed by atoms with Crippen molar-refractivity contribution >= 4 is 34.4 Å². The molecule has 2 rings (SSSR count). The zero-order valence-electron chi connectivity index (χ0n) is 6.55. The Balaban J connectivity index is 2.75. The van der Waals surface area contributed by atoms with E-state index in [9.17, 15) is 0 Å². The predicted molar refractivity (Wildman–Crippen MR) is 57.7 cm³/mol. The minimum atomic E-state index is 0.749. The summed E-state index contributed by atoms with van der Waals surface area (Å²) in [5.74, 6) is 0. The Bertz CT molecular complexity index is 382. The van der Waals surface area contributed by atoms with Crippen molar-refractivity contribution in [3.63, 3.8) is 0 Å². The maximum absolute atomic E-state index is 5.14. The molecule has 0 saturated carbocycles. The molecule has 0 spiro atoms. The van der Waals surface area contributed by atoms with Gasteiger partial charge in [0, 0.05) is 11.1 Å². The summed E-state index contributed by atoms with van der Waals surface area (Å²) in [5.41, 5.74) is 3.34. The molecule has 1 N–H and O–H groups in total. The van der Waals surface area contributed by atoms with Gasteiger partial charge < -0.3 is 5.32 Å². The minimum Gasteiger partial charge on any atom is -0.337 e. The van der Waals surface area contributed by atoms with Crippen molar-refractivity contribution in [3.05, 3.63) is 34.9 Å². The van der Waals surface area contributed by atoms with Gasteiger partial charge in [0.05, 0.1) is 0 Å². The van der Waals surface area contributed by atoms with Crippen molar-refractivity contribution in [1.82, 2.24) is 5.32 Å². The lowest BCUT2D eigenvalue weighted by Crippen LogP contribution is -2.18. The molecule has 60 valence electrons. The molecule has 1 aliphatic heterocycles. The van der Waals surface area contributed by atoms with E-state index in [-0.39, 0.29) is 0 Å². The maximum atomic E-state index is 5.14. The fourth-order valence-corrected chi connectivity index (χ4v) is 2.10. The van der Waals surface area contributed by atoms with Gasteiger partial charge in [-0.2, -0.15) is 0 Å². The Morgan fingerprint density at radius 2 is 1.92 bits per heavy atom. The molecular weight excluding hydrogens is 186 g/mol. The number of hydrogen-bond donors (Lipinski definition) is 1. The van der Waals surface area contributed by atoms with Gasteiger partial charge in [-0.05, 0) is 12.5 Å². The number of thiocarbonyl (C=S) groups is 2. The summed E-state index contributed by atoms with van der Waals surface area (Å²) in [6.45, 7) is 2.04. The van der Waals surface area contributed by atoms with Gasteiger partial charge in [0.1, 0.15) is 9.98 Å². The molecule has 0 radical (unpaired) electrons. The summed E-state index contributed by atoms with van der Waals surface area (Å²) >= 11 is 10.3. The standard InChI is InChI=1S/C9H7NS2/c1-5-3-2-4-6-7(5)9(12)10-8(6)11/h2-4H,1H3,(H,10,11,12). The zero-order valence-corrected chi connectivity index (χ0v) is 8.18. The molecule has 0 unspecified atom stereocenters. The largest absolute Gasteiger partial charge is 0.337 e. The number of nitrogens with one attached hydrogen (secondary N) is 1. The van der Waals surface area contributed by atoms with Crippen LogP contribution in [0.25, 0.3) is 0 Å². The lowest BCUT2D eigenvalue weighted by molar-refractivity contribution is 1.44. The third kappa shape index (κ3) is 0.974. The molecule has 1 aliphatic rings. The molecule has 0 bridgehead atoms. The van der Waals surface area contributed by atoms with Gasteiger partial charge in [0.25, 0.3) is 0 Å². The van der Waals surface area contributed by atoms with Crippen molar-refractivity contribution in [2.45, 2.75) is 6.92 Å². The van der Waals surface area contributed by atoms with E-state index < -0.39 is 0 Å². The van der Waals surface area contributed by atoms with Crippen LogP contribution in [0.1, 0.15) is 16.7 Å². The molecule has 1 nitrogen and oxygen atoms in total. The molecule has 3 heteroatoms. The quantitative estimate of drug-likeness (QED) is 0.632. The monoisotopic (exact) mass is 193 g/mol. The number of rotatable bonds is 0. The maximum Gasteiger partial charge on any atom is 0.112 e. The lowest BCUT2D eigenvalue weighted by Gasteiger charge is -1.99. The topological polar surface area (TPSA) is 12.0 Å². The molecular formula is C9H7NS2. The van der Waals surface area contributed by atoms with Crippen molar-refractivity contribution in [2.75, 3.05) is 0 Å². The fraction of sp³-hybridized carbons (Fsp3) is 0.111. The lowest BCUT2D eigenvalue weighted by atomic mass is 10.1. The van der Waals surface area contributed by atoms with E-state index in [0.717, 1.165) is 21.1 Å². The molecule has 0 aromatic heterocycles. The van der Waals surface area contributed by atoms with Gasteiger partial charge >= 0.3 is 0 Å². The average Bonchev–Trinajstić information content (AvgIpc) is 2.29. The molecule has 0 fully saturated rings. The predicted octanol–water partition coefficient (Wildman–Crippen LogP) is 1.95. The van der Waals surface area contributed by atoms with Gasteiger partial charge in [-0.25, -0.2) is 0 Å². The van der Waals surface area contributed by atoms with Crippen molar-refractivity contribution < 1.29 is 0 Å². The van der Waals surface area contributed by atoms with Crippen LogP contribution >= 0.6 is 24.4 Å². The van der Waals surface area contributed by atoms with E-state index in [1.54, 1.807) is 0 Å². The summed E-state index contributed by atoms with van der Waals surface area (Å²) in [6, 6.07) is 6.04. The van der Waals surface area contributed by atoms with Crippen LogP contribution in [0.3, 0.4) is 0 Å². The van der Waals surface area contributed by atoms with Crippen molar-refractivity contribution in [2.24, 2.45) is 0 Å². The minimum absolute atomic E-state index is 0.749. The van der Waals surface area contributed by atoms with Crippen LogP contribution in [0, 0.1) is 6.92 Å². The van der Waals surface area contributed by atoms with Crippen molar-refractivity contribution in [1.29, 1.82) is 0 Å². The molecule has 12 heavy (non-hydrogen) atoms. The summed E-state index contributed by atoms with van der Waals surface area (Å²) in [5, 5.41) is 2.99. The first-order valence-corrected chi connectivity index (χ1v) is 4.47. The Morgan fingerprint density at radius 3 is 2.58 bits per heavy atom. The number of aryl methyl sites for hydroxylation is 1. The molecule has 0 saturated heterocycles. The third-order valence-electron chi connectivity index (χ3n) is 1.97. The highest BCUT2D eigenvalue weighted by Gasteiger charge is 2.21. The second-order valence-corrected chi connectivity index (χ2v) is 3.60. The van der Waals surface area contributed by atoms with E-state index in [4.69, 9.17) is 24.4 Å². The Hall–Kier alpha value is -0.800. The molecule has 1 heterocycles. The summed E-state index contributed by atoms with van der Waals surface area (Å²) in [4.78, 5) is 1.51. The molecule has 0 aliphatic carbocycles. The van der Waals surface area contributed by atoms with E-state index in [1.165, 1.54) is 5.56 Å². The van der Waals surface area contributed by atoms with Crippen LogP contribution < -0.4 is 5.32 Å². The van der Waals surface area contributed by atoms with Crippen LogP contribution in [0.4, 0.5) is 0 Å². The normalized spacial score (nSPS) is 14.4. The van der Waals surface area contributed by atoms with Crippen LogP contribution in [-0.4, -0.2) is 9.98 Å². The highest BCUT2D eigenvalue weighted by atomic mass is 32.1. The second-order valence-electron chi connectivity index (χ2n) is 2.78. The van der Waals surface area contributed by atoms with E-state index in [1.807, 2.05) is 25.1 Å². The van der Waals surface area contributed by atoms with Crippen LogP contribution in [0.15, 0.2) is 18.2 Å². The van der Waals surface area contributed by atoms with E-state index >= 15 is 0 Å². The van der Waals surface area contributed by atoms with E-state index in [2.05, 4.69) is 5.32 Å². The van der Waals surface area contributed by atoms with Gasteiger partial charge in [-0.3, -0.25) is 0 Å². The van der Waals surface area contributed by atoms with E-state index in [0.29, 0.717) is 0 Å².